The Morgan fingerprint density at radius 3 is 2.44 bits per heavy atom. The topological polar surface area (TPSA) is 67.7 Å². The lowest BCUT2D eigenvalue weighted by atomic mass is 9.81. The van der Waals surface area contributed by atoms with Crippen LogP contribution < -0.4 is 0 Å². The maximum absolute atomic E-state index is 13.7. The highest BCUT2D eigenvalue weighted by atomic mass is 16.2. The highest BCUT2D eigenvalue weighted by Crippen LogP contribution is 2.45. The number of nitriles is 1. The minimum atomic E-state index is -0.298. The highest BCUT2D eigenvalue weighted by molar-refractivity contribution is 5.87. The monoisotopic (exact) mass is 454 g/mol. The molecule has 0 radical (unpaired) electrons. The van der Waals surface area contributed by atoms with Crippen LogP contribution in [0.1, 0.15) is 54.5 Å². The Bertz CT molecular complexity index is 1140. The van der Waals surface area contributed by atoms with Crippen LogP contribution in [-0.4, -0.2) is 64.3 Å². The summed E-state index contributed by atoms with van der Waals surface area (Å²) in [5, 5.41) is 9.36. The van der Waals surface area contributed by atoms with E-state index in [1.165, 1.54) is 22.3 Å². The number of piperazine rings is 1. The minimum absolute atomic E-state index is 0.0363. The number of carbonyl (C=O) groups is 2. The van der Waals surface area contributed by atoms with Crippen molar-refractivity contribution in [3.05, 3.63) is 70.8 Å². The molecule has 3 saturated heterocycles. The molecular weight excluding hydrogens is 424 g/mol. The fourth-order valence-electron chi connectivity index (χ4n) is 6.70. The summed E-state index contributed by atoms with van der Waals surface area (Å²) in [4.78, 5) is 32.9. The van der Waals surface area contributed by atoms with Crippen LogP contribution in [0.15, 0.2) is 48.5 Å². The third kappa shape index (κ3) is 3.25. The first-order valence-corrected chi connectivity index (χ1v) is 12.5. The van der Waals surface area contributed by atoms with E-state index in [1.807, 2.05) is 6.92 Å². The van der Waals surface area contributed by atoms with Crippen molar-refractivity contribution in [3.63, 3.8) is 0 Å². The number of nitrogens with zero attached hydrogens (tertiary/aromatic N) is 4. The Hall–Kier alpha value is -3.17. The molecule has 0 saturated carbocycles. The Morgan fingerprint density at radius 2 is 1.79 bits per heavy atom. The predicted molar refractivity (Wildman–Crippen MR) is 128 cm³/mol. The van der Waals surface area contributed by atoms with Gasteiger partial charge in [-0.1, -0.05) is 55.5 Å². The standard InChI is InChI=1S/C28H30N4O2/c1-18(27(33)31-12-6-9-21(31)15-29)16-30-17-22-14-25(30)28(34)32(22)26-23-10-4-2-7-19(23)13-20-8-3-5-11-24(20)26/h2-5,7-8,10-11,18,21-22,25-26H,6,9,12-14,16-17H2,1H3/t18-,21-,22-,25-/m0/s1. The third-order valence-electron chi connectivity index (χ3n) is 8.29. The average Bonchev–Trinajstić information content (AvgIpc) is 3.57. The Kier molecular flexibility index (Phi) is 5.18. The highest BCUT2D eigenvalue weighted by Gasteiger charge is 2.53. The molecule has 0 unspecified atom stereocenters. The number of amides is 2. The zero-order chi connectivity index (χ0) is 23.4. The average molecular weight is 455 g/mol. The number of benzene rings is 2. The SMILES string of the molecule is C[C@@H](CN1C[C@@H]2C[C@H]1C(=O)N2C1c2ccccc2Cc2ccccc21)C(=O)N1CCC[C@H]1C#N. The van der Waals surface area contributed by atoms with E-state index in [2.05, 4.69) is 64.4 Å². The number of fused-ring (bicyclic) bond motifs is 4. The molecule has 2 amide bonds. The molecule has 3 fully saturated rings. The first kappa shape index (κ1) is 21.4. The summed E-state index contributed by atoms with van der Waals surface area (Å²) in [6.45, 7) is 3.99. The van der Waals surface area contributed by atoms with Crippen LogP contribution in [0.2, 0.25) is 0 Å². The second-order valence-electron chi connectivity index (χ2n) is 10.3. The number of likely N-dealkylation sites (tertiary alicyclic amines) is 3. The smallest absolute Gasteiger partial charge is 0.241 e. The van der Waals surface area contributed by atoms with E-state index in [1.54, 1.807) is 4.90 Å². The van der Waals surface area contributed by atoms with Gasteiger partial charge in [0.15, 0.2) is 0 Å². The number of carbonyl (C=O) groups excluding carboxylic acids is 2. The lowest BCUT2D eigenvalue weighted by Crippen LogP contribution is -2.54. The molecule has 0 N–H and O–H groups in total. The van der Waals surface area contributed by atoms with Gasteiger partial charge in [0.2, 0.25) is 11.8 Å². The molecule has 2 aromatic carbocycles. The molecule has 6 rings (SSSR count). The van der Waals surface area contributed by atoms with Gasteiger partial charge in [0.25, 0.3) is 0 Å². The zero-order valence-electron chi connectivity index (χ0n) is 19.6. The van der Waals surface area contributed by atoms with Gasteiger partial charge in [-0.05, 0) is 47.9 Å². The van der Waals surface area contributed by atoms with Crippen molar-refractivity contribution in [1.29, 1.82) is 5.26 Å². The minimum Gasteiger partial charge on any atom is -0.326 e. The van der Waals surface area contributed by atoms with Gasteiger partial charge >= 0.3 is 0 Å². The quantitative estimate of drug-likeness (QED) is 0.712. The maximum atomic E-state index is 13.7. The second-order valence-corrected chi connectivity index (χ2v) is 10.3. The summed E-state index contributed by atoms with van der Waals surface area (Å²) in [7, 11) is 0. The molecule has 2 aromatic rings. The molecule has 34 heavy (non-hydrogen) atoms. The van der Waals surface area contributed by atoms with Gasteiger partial charge in [0, 0.05) is 31.6 Å². The molecule has 1 aliphatic carbocycles. The molecule has 174 valence electrons. The van der Waals surface area contributed by atoms with Crippen molar-refractivity contribution in [2.75, 3.05) is 19.6 Å². The molecule has 3 aliphatic heterocycles. The van der Waals surface area contributed by atoms with Gasteiger partial charge in [-0.3, -0.25) is 14.5 Å². The summed E-state index contributed by atoms with van der Waals surface area (Å²) in [6.07, 6.45) is 3.39. The summed E-state index contributed by atoms with van der Waals surface area (Å²) < 4.78 is 0. The first-order chi connectivity index (χ1) is 16.6. The fraction of sp³-hybridized carbons (Fsp3) is 0.464. The molecule has 0 aromatic heterocycles. The van der Waals surface area contributed by atoms with Crippen molar-refractivity contribution < 1.29 is 9.59 Å². The van der Waals surface area contributed by atoms with E-state index in [-0.39, 0.29) is 41.9 Å². The molecule has 4 aliphatic rings. The summed E-state index contributed by atoms with van der Waals surface area (Å²) in [5.74, 6) is 0.0143. The van der Waals surface area contributed by atoms with Crippen molar-refractivity contribution in [1.82, 2.24) is 14.7 Å². The van der Waals surface area contributed by atoms with Crippen molar-refractivity contribution >= 4 is 11.8 Å². The molecule has 0 spiro atoms. The van der Waals surface area contributed by atoms with E-state index in [0.717, 1.165) is 32.2 Å². The van der Waals surface area contributed by atoms with E-state index in [0.29, 0.717) is 13.1 Å². The van der Waals surface area contributed by atoms with Gasteiger partial charge in [0.05, 0.1) is 18.2 Å². The molecule has 3 heterocycles. The lowest BCUT2D eigenvalue weighted by Gasteiger charge is -2.42. The van der Waals surface area contributed by atoms with Crippen LogP contribution in [0.3, 0.4) is 0 Å². The Balaban J connectivity index is 1.22. The summed E-state index contributed by atoms with van der Waals surface area (Å²) >= 11 is 0. The Morgan fingerprint density at radius 1 is 1.12 bits per heavy atom. The molecule has 6 nitrogen and oxygen atoms in total. The van der Waals surface area contributed by atoms with Gasteiger partial charge < -0.3 is 9.80 Å². The van der Waals surface area contributed by atoms with Gasteiger partial charge in [-0.25, -0.2) is 0 Å². The number of hydrogen-bond acceptors (Lipinski definition) is 4. The van der Waals surface area contributed by atoms with Crippen LogP contribution in [0.4, 0.5) is 0 Å². The van der Waals surface area contributed by atoms with Crippen LogP contribution >= 0.6 is 0 Å². The largest absolute Gasteiger partial charge is 0.326 e. The predicted octanol–water partition coefficient (Wildman–Crippen LogP) is 3.12. The zero-order valence-corrected chi connectivity index (χ0v) is 19.6. The van der Waals surface area contributed by atoms with E-state index < -0.39 is 0 Å². The molecule has 4 atom stereocenters. The maximum Gasteiger partial charge on any atom is 0.241 e. The lowest BCUT2D eigenvalue weighted by molar-refractivity contribution is -0.141. The van der Waals surface area contributed by atoms with Crippen LogP contribution in [0.5, 0.6) is 0 Å². The van der Waals surface area contributed by atoms with Crippen LogP contribution in [-0.2, 0) is 16.0 Å². The van der Waals surface area contributed by atoms with Gasteiger partial charge in [-0.2, -0.15) is 5.26 Å². The molecule has 2 bridgehead atoms. The number of rotatable bonds is 4. The van der Waals surface area contributed by atoms with Gasteiger partial charge in [-0.15, -0.1) is 0 Å². The summed E-state index contributed by atoms with van der Waals surface area (Å²) in [6, 6.07) is 19.0. The van der Waals surface area contributed by atoms with Gasteiger partial charge in [0.1, 0.15) is 6.04 Å². The van der Waals surface area contributed by atoms with Crippen molar-refractivity contribution in [2.24, 2.45) is 5.92 Å². The fourth-order valence-corrected chi connectivity index (χ4v) is 6.70. The number of hydrogen-bond donors (Lipinski definition) is 0. The normalized spacial score (nSPS) is 26.9. The van der Waals surface area contributed by atoms with E-state index >= 15 is 0 Å². The Labute approximate surface area is 200 Å². The van der Waals surface area contributed by atoms with E-state index in [9.17, 15) is 14.9 Å². The summed E-state index contributed by atoms with van der Waals surface area (Å²) in [5.41, 5.74) is 5.09. The van der Waals surface area contributed by atoms with E-state index in [4.69, 9.17) is 0 Å². The van der Waals surface area contributed by atoms with Crippen molar-refractivity contribution in [3.8, 4) is 6.07 Å². The van der Waals surface area contributed by atoms with Crippen LogP contribution in [0.25, 0.3) is 0 Å². The second kappa shape index (κ2) is 8.25. The van der Waals surface area contributed by atoms with Crippen LogP contribution in [0, 0.1) is 17.2 Å². The molecule has 6 heteroatoms. The first-order valence-electron chi connectivity index (χ1n) is 12.5. The third-order valence-corrected chi connectivity index (χ3v) is 8.29. The molecular formula is C28H30N4O2. The van der Waals surface area contributed by atoms with Crippen molar-refractivity contribution in [2.45, 2.75) is 56.8 Å².